The summed E-state index contributed by atoms with van der Waals surface area (Å²) in [6, 6.07) is 4.37. The molecule has 8 aliphatic heterocycles. The topological polar surface area (TPSA) is 580 Å². The summed E-state index contributed by atoms with van der Waals surface area (Å²) in [7, 11) is -2.79. The summed E-state index contributed by atoms with van der Waals surface area (Å²) < 4.78 is 74.6. The van der Waals surface area contributed by atoms with Crippen LogP contribution in [0.2, 0.25) is 10.0 Å². The number of aromatic hydroxyl groups is 1. The summed E-state index contributed by atoms with van der Waals surface area (Å²) in [6.45, 7) is 7.45. The molecule has 0 aromatic heterocycles. The first-order valence-electron chi connectivity index (χ1n) is 40.2. The Morgan fingerprint density at radius 2 is 1.39 bits per heavy atom. The van der Waals surface area contributed by atoms with Crippen LogP contribution in [0.4, 0.5) is 0 Å². The van der Waals surface area contributed by atoms with Crippen molar-refractivity contribution >= 4 is 80.5 Å². The van der Waals surface area contributed by atoms with Gasteiger partial charge < -0.3 is 133 Å². The van der Waals surface area contributed by atoms with E-state index in [1.807, 2.05) is 20.8 Å². The van der Waals surface area contributed by atoms with Crippen LogP contribution in [0.15, 0.2) is 102 Å². The highest BCUT2D eigenvalue weighted by Crippen LogP contribution is 2.55. The monoisotopic (exact) mass is 1780 g/mol. The van der Waals surface area contributed by atoms with Gasteiger partial charge in [0.2, 0.25) is 69.2 Å². The van der Waals surface area contributed by atoms with E-state index in [1.54, 1.807) is 4.90 Å². The number of phenols is 1. The third kappa shape index (κ3) is 18.9. The second-order valence-electron chi connectivity index (χ2n) is 32.5. The molecular formula is C83H99Cl2N11O27S. The van der Waals surface area contributed by atoms with Crippen LogP contribution < -0.4 is 67.6 Å². The van der Waals surface area contributed by atoms with Crippen LogP contribution in [0.5, 0.6) is 40.2 Å². The molecule has 21 N–H and O–H groups in total. The number of hydrogen-bond donors (Lipinski definition) is 19. The number of aliphatic hydroxyl groups is 8. The quantitative estimate of drug-likeness (QED) is 0.0339. The van der Waals surface area contributed by atoms with Gasteiger partial charge in [-0.1, -0.05) is 81.1 Å². The number of ether oxygens (including phenoxy) is 7. The zero-order valence-corrected chi connectivity index (χ0v) is 70.3. The summed E-state index contributed by atoms with van der Waals surface area (Å²) in [4.78, 5) is 122. The van der Waals surface area contributed by atoms with E-state index >= 15 is 24.0 Å². The number of nitrogens with zero attached hydrogens (tertiary/aromatic N) is 2. The zero-order chi connectivity index (χ0) is 89.6. The molecule has 11 bridgehead atoms. The molecular weight excluding hydrogens is 1690 g/mol. The third-order valence-corrected chi connectivity index (χ3v) is 25.4. The lowest BCUT2D eigenvalue weighted by Gasteiger charge is -2.47. The SMILES string of the molecule is CCCCCOc1ccc(S(=O)(=O)N2CCCN(Cc3c(O)cc4c5c3C(O)(O)c3ccc(cc3-5)C3NC(=O)C5NC(=O)C(CC(N)=O)NC(=O)C(NC(=O)C(CC(C)C)NC)C(O)c6ccc(c(Cl)c6)Oc6cc5cc(c6OC5OC(CO)C(O)C(O)C5OC5C[C@](C)(N)C(O)C(C)O5)Oc5ccc(cc5Cl)C(O)C(NC3=O)C(=O)N[C@@H]4C(=O)O)C2)cc1. The number of benzene rings is 6. The lowest BCUT2D eigenvalue weighted by molar-refractivity contribution is -0.333. The first-order chi connectivity index (χ1) is 58.7. The molecule has 0 radical (unpaired) electrons. The molecule has 0 saturated carbocycles. The Kier molecular flexibility index (Phi) is 27.6. The number of phenolic OH excluding ortho intramolecular Hbond substituents is 1. The smallest absolute Gasteiger partial charge is 0.330 e. The molecule has 3 fully saturated rings. The fourth-order valence-electron chi connectivity index (χ4n) is 16.4. The predicted octanol–water partition coefficient (Wildman–Crippen LogP) is 1.62. The van der Waals surface area contributed by atoms with Crippen molar-refractivity contribution in [1.82, 2.24) is 46.4 Å². The van der Waals surface area contributed by atoms with E-state index in [9.17, 15) is 73.9 Å². The van der Waals surface area contributed by atoms with Crippen LogP contribution >= 0.6 is 23.2 Å². The molecule has 6 aromatic rings. The van der Waals surface area contributed by atoms with Crippen LogP contribution in [0, 0.1) is 5.92 Å². The number of rotatable bonds is 22. The van der Waals surface area contributed by atoms with Crippen molar-refractivity contribution in [2.24, 2.45) is 17.4 Å². The molecule has 18 atom stereocenters. The Labute approximate surface area is 720 Å². The first kappa shape index (κ1) is 91.7. The van der Waals surface area contributed by atoms with E-state index in [4.69, 9.17) is 67.8 Å². The number of nitrogens with two attached hydrogens (primary N) is 2. The Morgan fingerprint density at radius 3 is 2.00 bits per heavy atom. The average Bonchev–Trinajstić information content (AvgIpc) is 1.54. The number of nitrogens with one attached hydrogen (secondary N) is 7. The molecule has 6 aromatic carbocycles. The van der Waals surface area contributed by atoms with Gasteiger partial charge >= 0.3 is 5.97 Å². The molecule has 1 aliphatic carbocycles. The van der Waals surface area contributed by atoms with Gasteiger partial charge in [0.1, 0.15) is 83.7 Å². The molecule has 9 aliphatic rings. The highest BCUT2D eigenvalue weighted by atomic mass is 35.5. The van der Waals surface area contributed by atoms with Gasteiger partial charge in [-0.2, -0.15) is 4.31 Å². The van der Waals surface area contributed by atoms with Crippen molar-refractivity contribution in [2.75, 3.05) is 40.0 Å². The second-order valence-corrected chi connectivity index (χ2v) is 35.2. The number of carbonyl (C=O) groups is 8. The number of unbranched alkanes of at least 4 members (excludes halogenated alkanes) is 2. The largest absolute Gasteiger partial charge is 0.508 e. The van der Waals surface area contributed by atoms with Gasteiger partial charge in [-0.3, -0.25) is 38.5 Å². The number of hydrogen-bond acceptors (Lipinski definition) is 29. The number of carbonyl (C=O) groups excluding carboxylic acids is 7. The van der Waals surface area contributed by atoms with E-state index < -0.39 is 248 Å². The number of likely N-dealkylation sites (N-methyl/N-ethyl adjacent to an activating group) is 1. The minimum absolute atomic E-state index is 0.0254. The van der Waals surface area contributed by atoms with Crippen LogP contribution in [0.1, 0.15) is 154 Å². The number of halogens is 2. The normalized spacial score (nSPS) is 28.0. The second kappa shape index (κ2) is 37.3. The first-order valence-corrected chi connectivity index (χ1v) is 42.4. The van der Waals surface area contributed by atoms with Crippen molar-refractivity contribution in [3.8, 4) is 51.4 Å². The minimum atomic E-state index is -4.26. The summed E-state index contributed by atoms with van der Waals surface area (Å²) in [5.74, 6) is -17.6. The maximum atomic E-state index is 16.5. The number of carboxylic acids is 1. The molecule has 3 saturated heterocycles. The van der Waals surface area contributed by atoms with Crippen molar-refractivity contribution < 1.29 is 131 Å². The Balaban J connectivity index is 0.993. The fraction of sp³-hybridized carbons (Fsp3) is 0.470. The summed E-state index contributed by atoms with van der Waals surface area (Å²) in [5, 5.41) is 137. The molecule has 7 amide bonds. The molecule has 0 spiro atoms. The van der Waals surface area contributed by atoms with Gasteiger partial charge in [0.15, 0.2) is 29.9 Å². The Bertz CT molecular complexity index is 5230. The standard InChI is InChI=1S/C83H99Cl2N11O27S/c1-7-8-9-23-117-42-14-16-43(17-15-42)124(115,116)96-22-10-21-95(35-96)33-46-52(98)30-45-60-44-25-38(11-18-47(44)83(113,114)61(46)60)62-76(107)94-66(79(110)92-64(45)80(111)112)68(101)40-13-20-54(49(85)27-40)120-56-29-41-28-55(71(56)123-81-72(70(103)69(102)57(34-97)121-81)122-59-32-82(5,87)73(104)37(4)118-59)119-53-19-12-39(26-48(53)84)67(100)65(93-74(105)50(88-6)24-36(2)3)78(109)89-51(31-58(86)99)75(106)90-63(41)77(108)91-62/h11-20,25-30,36-37,50-51,57,59,62-70,72-73,81,88,97-98,100-104,113-114H,7-10,21-24,31-35,87H2,1-6H3,(H2,86,99)(H,89,109)(H,90,106)(H,91,108)(H,92,110)(H,93,105)(H,94,107)(H,111,112)/t37?,50?,51?,57?,59?,62?,63?,64-,65?,66?,67?,68?,69?,70?,72?,73?,81?,82-/m0/s1. The average molecular weight is 1790 g/mol. The lowest BCUT2D eigenvalue weighted by atomic mass is 9.86. The van der Waals surface area contributed by atoms with Crippen molar-refractivity contribution in [1.29, 1.82) is 0 Å². The number of fused-ring (bicyclic) bond motifs is 12. The third-order valence-electron chi connectivity index (χ3n) is 22.9. The van der Waals surface area contributed by atoms with E-state index in [0.717, 1.165) is 79.9 Å². The van der Waals surface area contributed by atoms with Crippen LogP contribution in [0.25, 0.3) is 11.1 Å². The van der Waals surface area contributed by atoms with Crippen LogP contribution in [0.3, 0.4) is 0 Å². The summed E-state index contributed by atoms with van der Waals surface area (Å²) in [5.41, 5.74) is 7.10. The van der Waals surface area contributed by atoms with Crippen LogP contribution in [-0.2, 0) is 74.9 Å². The molecule has 41 heteroatoms. The van der Waals surface area contributed by atoms with Gasteiger partial charge in [0.25, 0.3) is 0 Å². The molecule has 8 heterocycles. The number of amides is 7. The zero-order valence-electron chi connectivity index (χ0n) is 67.9. The number of carboxylic acid groups (broad SMARTS) is 1. The maximum absolute atomic E-state index is 16.5. The Morgan fingerprint density at radius 1 is 0.750 bits per heavy atom. The van der Waals surface area contributed by atoms with E-state index in [2.05, 4.69) is 37.2 Å². The van der Waals surface area contributed by atoms with Gasteiger partial charge in [-0.25, -0.2) is 13.2 Å². The number of primary amides is 1. The molecule has 16 unspecified atom stereocenters. The number of aliphatic carboxylic acids is 1. The predicted molar refractivity (Wildman–Crippen MR) is 436 cm³/mol. The number of aliphatic hydroxyl groups excluding tert-OH is 6. The number of sulfonamides is 1. The van der Waals surface area contributed by atoms with Gasteiger partial charge in [0, 0.05) is 48.3 Å². The fourth-order valence-corrected chi connectivity index (χ4v) is 18.3. The van der Waals surface area contributed by atoms with E-state index in [1.165, 1.54) is 61.6 Å². The molecule has 38 nitrogen and oxygen atoms in total. The summed E-state index contributed by atoms with van der Waals surface area (Å²) >= 11 is 14.3. The maximum Gasteiger partial charge on any atom is 0.330 e. The van der Waals surface area contributed by atoms with Crippen LogP contribution in [-0.4, -0.2) is 235 Å². The highest BCUT2D eigenvalue weighted by molar-refractivity contribution is 7.89. The van der Waals surface area contributed by atoms with Crippen molar-refractivity contribution in [3.63, 3.8) is 0 Å². The highest BCUT2D eigenvalue weighted by Gasteiger charge is 2.53. The van der Waals surface area contributed by atoms with Crippen molar-refractivity contribution in [2.45, 2.75) is 206 Å². The van der Waals surface area contributed by atoms with Gasteiger partial charge in [-0.15, -0.1) is 0 Å². The minimum Gasteiger partial charge on any atom is -0.508 e. The lowest BCUT2D eigenvalue weighted by Crippen LogP contribution is -2.64. The van der Waals surface area contributed by atoms with Gasteiger partial charge in [0.05, 0.1) is 59.5 Å². The molecule has 668 valence electrons. The van der Waals surface area contributed by atoms with Gasteiger partial charge in [-0.05, 0) is 158 Å². The molecule has 124 heavy (non-hydrogen) atoms. The summed E-state index contributed by atoms with van der Waals surface area (Å²) in [6.07, 6.45) is -16.1. The Hall–Kier alpha value is -9.99. The molecule has 15 rings (SSSR count). The van der Waals surface area contributed by atoms with E-state index in [0.29, 0.717) is 12.4 Å². The van der Waals surface area contributed by atoms with E-state index in [-0.39, 0.29) is 94.0 Å². The van der Waals surface area contributed by atoms with Crippen molar-refractivity contribution in [3.05, 3.63) is 152 Å².